The van der Waals surface area contributed by atoms with Crippen LogP contribution >= 0.6 is 15.9 Å². The first-order valence-corrected chi connectivity index (χ1v) is 4.59. The van der Waals surface area contributed by atoms with Crippen LogP contribution in [0.15, 0.2) is 0 Å². The summed E-state index contributed by atoms with van der Waals surface area (Å²) in [6.07, 6.45) is 3.25. The zero-order chi connectivity index (χ0) is 7.82. The Kier molecular flexibility index (Phi) is 35.2. The smallest absolute Gasteiger partial charge is 1.00 e. The van der Waals surface area contributed by atoms with E-state index >= 15 is 0 Å². The second-order valence-corrected chi connectivity index (χ2v) is 2.88. The first kappa shape index (κ1) is 23.9. The average Bonchev–Trinajstić information content (AvgIpc) is 1.87. The summed E-state index contributed by atoms with van der Waals surface area (Å²) >= 11 is 3.32. The number of ether oxygens (including phenoxy) is 1. The fraction of sp³-hybridized carbons (Fsp3) is 0.857. The van der Waals surface area contributed by atoms with Crippen LogP contribution in [0.25, 0.3) is 0 Å². The number of rotatable bonds is 5. The van der Waals surface area contributed by atoms with Crippen LogP contribution in [-0.2, 0) is 29.0 Å². The van der Waals surface area contributed by atoms with Crippen molar-refractivity contribution in [1.29, 1.82) is 0 Å². The Hall–Kier alpha value is 1.46. The van der Waals surface area contributed by atoms with E-state index in [0.717, 1.165) is 24.6 Å². The molecule has 0 spiro atoms. The third-order valence-electron chi connectivity index (χ3n) is 1.08. The van der Waals surface area contributed by atoms with Gasteiger partial charge in [0, 0.05) is 31.7 Å². The number of hydrogen-bond acceptors (Lipinski definition) is 2. The maximum Gasteiger partial charge on any atom is 1.00 e. The second kappa shape index (κ2) is 19.1. The van der Waals surface area contributed by atoms with Crippen LogP contribution < -0.4 is 31.3 Å². The summed E-state index contributed by atoms with van der Waals surface area (Å²) in [7, 11) is 0. The number of carbonyl (C=O) groups excluding carboxylic acids is 1. The van der Waals surface area contributed by atoms with Gasteiger partial charge in [-0.05, 0) is 19.3 Å². The molecule has 0 unspecified atom stereocenters. The van der Waals surface area contributed by atoms with Crippen LogP contribution in [0.2, 0.25) is 0 Å². The Morgan fingerprint density at radius 1 is 1.31 bits per heavy atom. The van der Waals surface area contributed by atoms with Crippen molar-refractivity contribution in [3.05, 3.63) is 0 Å². The molecule has 0 N–H and O–H groups in total. The maximum absolute atomic E-state index is 10.2. The maximum atomic E-state index is 10.2. The van der Waals surface area contributed by atoms with E-state index in [9.17, 15) is 4.79 Å². The zero-order valence-electron chi connectivity index (χ0n) is 8.32. The van der Waals surface area contributed by atoms with Crippen LogP contribution in [-0.4, -0.2) is 17.9 Å². The summed E-state index contributed by atoms with van der Waals surface area (Å²) in [5.74, 6) is -0.182. The van der Waals surface area contributed by atoms with Crippen LogP contribution in [0.1, 0.15) is 26.2 Å². The molecule has 0 heterocycles. The summed E-state index contributed by atoms with van der Waals surface area (Å²) in [6.45, 7) is 2.01. The minimum Gasteiger partial charge on any atom is -1.00 e. The zero-order valence-corrected chi connectivity index (χ0v) is 13.6. The van der Waals surface area contributed by atoms with E-state index in [0.29, 0.717) is 6.61 Å². The summed E-state index contributed by atoms with van der Waals surface area (Å²) in [6, 6.07) is 0. The third kappa shape index (κ3) is 24.7. The molecule has 0 fully saturated rings. The predicted molar refractivity (Wildman–Crippen MR) is 44.3 cm³/mol. The number of alkyl halides is 1. The van der Waals surface area contributed by atoms with Gasteiger partial charge in [-0.1, -0.05) is 15.9 Å². The van der Waals surface area contributed by atoms with E-state index in [2.05, 4.69) is 15.9 Å². The van der Waals surface area contributed by atoms with Crippen molar-refractivity contribution in [3.63, 3.8) is 0 Å². The Balaban J connectivity index is -0.000000135. The second-order valence-electron chi connectivity index (χ2n) is 2.09. The van der Waals surface area contributed by atoms with E-state index < -0.39 is 0 Å². The minimum atomic E-state index is -0.182. The summed E-state index contributed by atoms with van der Waals surface area (Å²) in [5, 5.41) is 1.03. The fourth-order valence-electron chi connectivity index (χ4n) is 0.589. The van der Waals surface area contributed by atoms with Crippen molar-refractivity contribution in [2.24, 2.45) is 0 Å². The first-order valence-electron chi connectivity index (χ1n) is 3.46. The molecule has 0 aromatic carbocycles. The molecule has 0 aromatic rings. The molecule has 6 heteroatoms. The fourth-order valence-corrected chi connectivity index (χ4v) is 0.986. The number of esters is 1. The van der Waals surface area contributed by atoms with Gasteiger partial charge in [-0.3, -0.25) is 4.79 Å². The topological polar surface area (TPSA) is 26.3 Å². The molecule has 0 bridgehead atoms. The summed E-state index contributed by atoms with van der Waals surface area (Å²) < 4.78 is 4.73. The monoisotopic (exact) mass is 314 g/mol. The van der Waals surface area contributed by atoms with Gasteiger partial charge in [0.2, 0.25) is 0 Å². The van der Waals surface area contributed by atoms with Crippen molar-refractivity contribution in [2.75, 3.05) is 11.9 Å². The van der Waals surface area contributed by atoms with Crippen molar-refractivity contribution >= 4 is 21.9 Å². The van der Waals surface area contributed by atoms with Gasteiger partial charge in [0.05, 0.1) is 6.61 Å². The molecule has 0 aliphatic carbocycles. The van der Waals surface area contributed by atoms with Gasteiger partial charge in [-0.2, -0.15) is 0 Å². The molecule has 0 saturated heterocycles. The molecule has 0 saturated carbocycles. The van der Waals surface area contributed by atoms with Crippen molar-refractivity contribution in [3.8, 4) is 0 Å². The van der Waals surface area contributed by atoms with Crippen LogP contribution in [0, 0.1) is 0 Å². The van der Waals surface area contributed by atoms with Gasteiger partial charge in [-0.15, -0.1) is 0 Å². The third-order valence-corrected chi connectivity index (χ3v) is 1.64. The largest absolute Gasteiger partial charge is 1.00 e. The van der Waals surface area contributed by atoms with Gasteiger partial charge < -0.3 is 17.1 Å². The van der Waals surface area contributed by atoms with E-state index in [1.807, 2.05) is 0 Å². The van der Waals surface area contributed by atoms with E-state index in [4.69, 9.17) is 4.74 Å². The molecule has 0 atom stereocenters. The standard InChI is InChI=1S/C7H13BrO2.ClH.Li.Zn/c1-7(9)10-6-4-2-3-5-8;;;/h2-6H2,1H3;1H;;/q;;+1;/p-1. The normalized spacial score (nSPS) is 7.23. The molecule has 13 heavy (non-hydrogen) atoms. The van der Waals surface area contributed by atoms with Gasteiger partial charge >= 0.3 is 24.8 Å². The molecule has 0 rings (SSSR count). The predicted octanol–water partition coefficient (Wildman–Crippen LogP) is -3.88. The Morgan fingerprint density at radius 3 is 2.23 bits per heavy atom. The van der Waals surface area contributed by atoms with Gasteiger partial charge in [-0.25, -0.2) is 0 Å². The van der Waals surface area contributed by atoms with Gasteiger partial charge in [0.1, 0.15) is 0 Å². The van der Waals surface area contributed by atoms with Crippen molar-refractivity contribution in [2.45, 2.75) is 26.2 Å². The van der Waals surface area contributed by atoms with Gasteiger partial charge in [0.15, 0.2) is 0 Å². The first-order chi connectivity index (χ1) is 4.77. The number of carbonyl (C=O) groups is 1. The number of hydrogen-bond donors (Lipinski definition) is 0. The molecule has 70 valence electrons. The molecule has 0 radical (unpaired) electrons. The summed E-state index contributed by atoms with van der Waals surface area (Å²) in [4.78, 5) is 10.2. The molecular weight excluding hydrogens is 304 g/mol. The number of unbranched alkanes of at least 4 members (excludes halogenated alkanes) is 2. The molecule has 0 aliphatic heterocycles. The molecule has 0 amide bonds. The molecule has 0 aromatic heterocycles. The molecule has 0 aliphatic rings. The van der Waals surface area contributed by atoms with Gasteiger partial charge in [0.25, 0.3) is 0 Å². The number of halogens is 2. The SMILES string of the molecule is CC(=O)OCCCCCBr.[Cl-].[Li+].[Zn]. The van der Waals surface area contributed by atoms with Crippen molar-refractivity contribution in [1.82, 2.24) is 0 Å². The van der Waals surface area contributed by atoms with E-state index in [1.165, 1.54) is 6.92 Å². The molecular formula is C7H13BrClLiO2Zn. The Labute approximate surface area is 119 Å². The van der Waals surface area contributed by atoms with Crippen molar-refractivity contribution < 1.29 is 60.3 Å². The van der Waals surface area contributed by atoms with E-state index in [1.54, 1.807) is 0 Å². The van der Waals surface area contributed by atoms with Crippen LogP contribution in [0.5, 0.6) is 0 Å². The quantitative estimate of drug-likeness (QED) is 0.224. The van der Waals surface area contributed by atoms with E-state index in [-0.39, 0.29) is 56.7 Å². The minimum absolute atomic E-state index is 0. The average molecular weight is 317 g/mol. The summed E-state index contributed by atoms with van der Waals surface area (Å²) in [5.41, 5.74) is 0. The van der Waals surface area contributed by atoms with Crippen LogP contribution in [0.3, 0.4) is 0 Å². The Morgan fingerprint density at radius 2 is 1.85 bits per heavy atom. The molecule has 2 nitrogen and oxygen atoms in total. The Bertz CT molecular complexity index is 108. The van der Waals surface area contributed by atoms with Crippen LogP contribution in [0.4, 0.5) is 0 Å².